The molecule has 0 saturated heterocycles. The van der Waals surface area contributed by atoms with Gasteiger partial charge in [0.15, 0.2) is 0 Å². The van der Waals surface area contributed by atoms with Crippen LogP contribution in [0.15, 0.2) is 24.3 Å². The Hall–Kier alpha value is -0.340. The first-order valence-corrected chi connectivity index (χ1v) is 4.53. The highest BCUT2D eigenvalue weighted by atomic mass is 79.9. The zero-order chi connectivity index (χ0) is 8.27. The molecule has 1 nitrogen and oxygen atoms in total. The Balaban J connectivity index is 2.86. The van der Waals surface area contributed by atoms with Crippen molar-refractivity contribution in [1.29, 1.82) is 0 Å². The van der Waals surface area contributed by atoms with E-state index in [4.69, 9.17) is 0 Å². The van der Waals surface area contributed by atoms with E-state index in [1.165, 1.54) is 11.1 Å². The first kappa shape index (κ1) is 8.75. The maximum absolute atomic E-state index is 3.51. The maximum atomic E-state index is 3.51. The van der Waals surface area contributed by atoms with E-state index < -0.39 is 0 Å². The predicted octanol–water partition coefficient (Wildman–Crippen LogP) is 2.61. The number of rotatable bonds is 2. The molecule has 1 rings (SSSR count). The Kier molecular flexibility index (Phi) is 3.09. The number of halogens is 1. The van der Waals surface area contributed by atoms with Gasteiger partial charge in [0.25, 0.3) is 0 Å². The van der Waals surface area contributed by atoms with Crippen molar-refractivity contribution in [2.45, 2.75) is 11.9 Å². The first-order chi connectivity index (χ1) is 5.24. The summed E-state index contributed by atoms with van der Waals surface area (Å²) in [5, 5.41) is 3.13. The fourth-order valence-electron chi connectivity index (χ4n) is 0.994. The molecule has 0 amide bonds. The molecule has 1 atom stereocenters. The normalized spacial score (nSPS) is 13.0. The van der Waals surface area contributed by atoms with Crippen LogP contribution in [0.4, 0.5) is 0 Å². The average molecular weight is 214 g/mol. The minimum absolute atomic E-state index is 0.266. The molecular formula is C9H12BrN. The Morgan fingerprint density at radius 1 is 1.45 bits per heavy atom. The number of hydrogen-bond acceptors (Lipinski definition) is 1. The van der Waals surface area contributed by atoms with Crippen LogP contribution >= 0.6 is 15.9 Å². The van der Waals surface area contributed by atoms with Crippen molar-refractivity contribution in [3.05, 3.63) is 35.4 Å². The Labute approximate surface area is 75.9 Å². The standard InChI is InChI=1S/C9H12BrN/c1-7-4-3-5-8(6-7)9(10)11-2/h3-6,9,11H,1-2H3. The number of benzene rings is 1. The quantitative estimate of drug-likeness (QED) is 0.589. The minimum Gasteiger partial charge on any atom is -0.304 e. The van der Waals surface area contributed by atoms with Crippen LogP contribution in [0.25, 0.3) is 0 Å². The molecule has 0 saturated carbocycles. The summed E-state index contributed by atoms with van der Waals surface area (Å²) in [7, 11) is 1.93. The molecule has 0 aliphatic heterocycles. The van der Waals surface area contributed by atoms with Crippen molar-refractivity contribution < 1.29 is 0 Å². The lowest BCUT2D eigenvalue weighted by molar-refractivity contribution is 0.807. The average Bonchev–Trinajstić information content (AvgIpc) is 2.03. The molecule has 0 aromatic heterocycles. The van der Waals surface area contributed by atoms with Crippen LogP contribution in [0.3, 0.4) is 0 Å². The lowest BCUT2D eigenvalue weighted by Gasteiger charge is -2.08. The number of hydrogen-bond donors (Lipinski definition) is 1. The molecule has 0 aliphatic rings. The summed E-state index contributed by atoms with van der Waals surface area (Å²) in [5.74, 6) is 0. The second-order valence-electron chi connectivity index (χ2n) is 2.57. The van der Waals surface area contributed by atoms with Gasteiger partial charge in [-0.05, 0) is 19.5 Å². The highest BCUT2D eigenvalue weighted by Crippen LogP contribution is 2.19. The monoisotopic (exact) mass is 213 g/mol. The molecule has 0 radical (unpaired) electrons. The minimum atomic E-state index is 0.266. The van der Waals surface area contributed by atoms with E-state index in [9.17, 15) is 0 Å². The summed E-state index contributed by atoms with van der Waals surface area (Å²) in [6.07, 6.45) is 0. The lowest BCUT2D eigenvalue weighted by atomic mass is 10.1. The van der Waals surface area contributed by atoms with Crippen LogP contribution in [-0.2, 0) is 0 Å². The summed E-state index contributed by atoms with van der Waals surface area (Å²) in [6.45, 7) is 2.10. The van der Waals surface area contributed by atoms with Crippen LogP contribution < -0.4 is 5.32 Å². The fraction of sp³-hybridized carbons (Fsp3) is 0.333. The van der Waals surface area contributed by atoms with Gasteiger partial charge in [0.2, 0.25) is 0 Å². The third-order valence-electron chi connectivity index (χ3n) is 1.59. The van der Waals surface area contributed by atoms with Gasteiger partial charge in [-0.1, -0.05) is 45.8 Å². The van der Waals surface area contributed by atoms with Crippen molar-refractivity contribution in [1.82, 2.24) is 5.32 Å². The van der Waals surface area contributed by atoms with E-state index in [0.29, 0.717) is 0 Å². The molecule has 0 heterocycles. The van der Waals surface area contributed by atoms with Crippen LogP contribution in [0.2, 0.25) is 0 Å². The Morgan fingerprint density at radius 2 is 2.18 bits per heavy atom. The van der Waals surface area contributed by atoms with Gasteiger partial charge in [-0.3, -0.25) is 0 Å². The molecule has 0 aliphatic carbocycles. The van der Waals surface area contributed by atoms with E-state index >= 15 is 0 Å². The van der Waals surface area contributed by atoms with Crippen LogP contribution in [-0.4, -0.2) is 7.05 Å². The van der Waals surface area contributed by atoms with Gasteiger partial charge in [0.05, 0.1) is 4.95 Å². The van der Waals surface area contributed by atoms with Gasteiger partial charge < -0.3 is 5.32 Å². The fourth-order valence-corrected chi connectivity index (χ4v) is 1.28. The molecule has 1 N–H and O–H groups in total. The molecule has 0 fully saturated rings. The van der Waals surface area contributed by atoms with Gasteiger partial charge in [-0.2, -0.15) is 0 Å². The highest BCUT2D eigenvalue weighted by Gasteiger charge is 2.01. The van der Waals surface area contributed by atoms with Crippen molar-refractivity contribution in [3.63, 3.8) is 0 Å². The smallest absolute Gasteiger partial charge is 0.0884 e. The molecule has 60 valence electrons. The summed E-state index contributed by atoms with van der Waals surface area (Å²) in [5.41, 5.74) is 2.56. The summed E-state index contributed by atoms with van der Waals surface area (Å²) in [4.78, 5) is 0.266. The van der Waals surface area contributed by atoms with E-state index in [0.717, 1.165) is 0 Å². The molecular weight excluding hydrogens is 202 g/mol. The van der Waals surface area contributed by atoms with E-state index in [-0.39, 0.29) is 4.95 Å². The van der Waals surface area contributed by atoms with Gasteiger partial charge in [-0.15, -0.1) is 0 Å². The first-order valence-electron chi connectivity index (χ1n) is 3.62. The summed E-state index contributed by atoms with van der Waals surface area (Å²) < 4.78 is 0. The van der Waals surface area contributed by atoms with E-state index in [1.807, 2.05) is 7.05 Å². The predicted molar refractivity (Wildman–Crippen MR) is 51.9 cm³/mol. The third kappa shape index (κ3) is 2.31. The van der Waals surface area contributed by atoms with Crippen molar-refractivity contribution in [2.24, 2.45) is 0 Å². The second kappa shape index (κ2) is 3.88. The van der Waals surface area contributed by atoms with Crippen LogP contribution in [0.1, 0.15) is 16.1 Å². The highest BCUT2D eigenvalue weighted by molar-refractivity contribution is 9.09. The Morgan fingerprint density at radius 3 is 2.73 bits per heavy atom. The van der Waals surface area contributed by atoms with E-state index in [1.54, 1.807) is 0 Å². The van der Waals surface area contributed by atoms with Gasteiger partial charge in [-0.25, -0.2) is 0 Å². The molecule has 0 bridgehead atoms. The van der Waals surface area contributed by atoms with Crippen LogP contribution in [0.5, 0.6) is 0 Å². The molecule has 1 aromatic rings. The number of nitrogens with one attached hydrogen (secondary N) is 1. The number of alkyl halides is 1. The number of aryl methyl sites for hydroxylation is 1. The van der Waals surface area contributed by atoms with Gasteiger partial charge in [0.1, 0.15) is 0 Å². The Bertz CT molecular complexity index is 235. The topological polar surface area (TPSA) is 12.0 Å². The summed E-state index contributed by atoms with van der Waals surface area (Å²) in [6, 6.07) is 8.42. The molecule has 0 spiro atoms. The molecule has 2 heteroatoms. The van der Waals surface area contributed by atoms with E-state index in [2.05, 4.69) is 52.4 Å². The van der Waals surface area contributed by atoms with Gasteiger partial charge in [0, 0.05) is 0 Å². The summed E-state index contributed by atoms with van der Waals surface area (Å²) >= 11 is 3.51. The second-order valence-corrected chi connectivity index (χ2v) is 3.48. The maximum Gasteiger partial charge on any atom is 0.0884 e. The molecule has 11 heavy (non-hydrogen) atoms. The lowest BCUT2D eigenvalue weighted by Crippen LogP contribution is -2.09. The molecule has 1 aromatic carbocycles. The zero-order valence-corrected chi connectivity index (χ0v) is 8.35. The molecule has 1 unspecified atom stereocenters. The van der Waals surface area contributed by atoms with Crippen LogP contribution in [0, 0.1) is 6.92 Å². The zero-order valence-electron chi connectivity index (χ0n) is 6.76. The third-order valence-corrected chi connectivity index (χ3v) is 2.57. The van der Waals surface area contributed by atoms with Crippen molar-refractivity contribution in [2.75, 3.05) is 7.05 Å². The van der Waals surface area contributed by atoms with Gasteiger partial charge >= 0.3 is 0 Å². The SMILES string of the molecule is CNC(Br)c1cccc(C)c1. The van der Waals surface area contributed by atoms with Crippen molar-refractivity contribution in [3.8, 4) is 0 Å². The largest absolute Gasteiger partial charge is 0.304 e. The van der Waals surface area contributed by atoms with Crippen molar-refractivity contribution >= 4 is 15.9 Å².